The minimum absolute atomic E-state index is 0.0785. The van der Waals surface area contributed by atoms with Crippen molar-refractivity contribution in [3.63, 3.8) is 0 Å². The lowest BCUT2D eigenvalue weighted by Gasteiger charge is -2.57. The van der Waals surface area contributed by atoms with Gasteiger partial charge in [0, 0.05) is 11.4 Å². The van der Waals surface area contributed by atoms with Crippen LogP contribution in [-0.4, -0.2) is 5.91 Å². The Hall–Kier alpha value is -0.540. The van der Waals surface area contributed by atoms with Crippen molar-refractivity contribution < 1.29 is 4.79 Å². The molecule has 0 heterocycles. The lowest BCUT2D eigenvalue weighted by Crippen LogP contribution is -2.48. The average Bonchev–Trinajstić information content (AvgIpc) is 2.41. The molecule has 1 amide bonds. The van der Waals surface area contributed by atoms with Crippen LogP contribution in [0.5, 0.6) is 0 Å². The Bertz CT molecular complexity index is 607. The van der Waals surface area contributed by atoms with E-state index in [-0.39, 0.29) is 5.91 Å². The van der Waals surface area contributed by atoms with Crippen LogP contribution in [0, 0.1) is 17.8 Å². The summed E-state index contributed by atoms with van der Waals surface area (Å²) >= 11 is 10.1. The number of amides is 1. The van der Waals surface area contributed by atoms with E-state index in [0.717, 1.165) is 27.9 Å². The zero-order chi connectivity index (χ0) is 15.5. The molecule has 5 rings (SSSR count). The molecule has 4 fully saturated rings. The van der Waals surface area contributed by atoms with Crippen molar-refractivity contribution in [1.29, 1.82) is 0 Å². The summed E-state index contributed by atoms with van der Waals surface area (Å²) in [6.07, 6.45) is 8.21. The summed E-state index contributed by atoms with van der Waals surface area (Å²) < 4.78 is 0.997. The summed E-state index contributed by atoms with van der Waals surface area (Å²) in [5.41, 5.74) is 2.40. The first kappa shape index (κ1) is 15.0. The van der Waals surface area contributed by atoms with Gasteiger partial charge in [-0.2, -0.15) is 0 Å². The predicted octanol–water partition coefficient (Wildman–Crippen LogP) is 5.53. The van der Waals surface area contributed by atoms with E-state index < -0.39 is 0 Å². The number of carbonyl (C=O) groups is 1. The fraction of sp³-hybridized carbons (Fsp3) is 0.611. The first-order valence-corrected chi connectivity index (χ1v) is 9.40. The molecular formula is C18H21BrClNO. The van der Waals surface area contributed by atoms with Gasteiger partial charge in [-0.3, -0.25) is 4.79 Å². The topological polar surface area (TPSA) is 29.1 Å². The smallest absolute Gasteiger partial charge is 0.221 e. The molecular weight excluding hydrogens is 362 g/mol. The van der Waals surface area contributed by atoms with E-state index in [9.17, 15) is 4.79 Å². The van der Waals surface area contributed by atoms with Gasteiger partial charge in [-0.05, 0) is 89.3 Å². The predicted molar refractivity (Wildman–Crippen MR) is 93.3 cm³/mol. The SMILES string of the molecule is CC(=O)Nc1c(Cl)ccc(C23CC4CC(CC(C4)C2)C3)c1Br. The number of hydrogen-bond donors (Lipinski definition) is 1. The molecule has 118 valence electrons. The van der Waals surface area contributed by atoms with Gasteiger partial charge in [0.15, 0.2) is 0 Å². The number of rotatable bonds is 2. The molecule has 0 unspecified atom stereocenters. The molecule has 0 aliphatic heterocycles. The fourth-order valence-corrected chi connectivity index (χ4v) is 6.88. The Balaban J connectivity index is 1.78. The maximum Gasteiger partial charge on any atom is 0.221 e. The highest BCUT2D eigenvalue weighted by atomic mass is 79.9. The minimum Gasteiger partial charge on any atom is -0.324 e. The summed E-state index contributed by atoms with van der Waals surface area (Å²) in [4.78, 5) is 11.5. The molecule has 1 aromatic carbocycles. The number of hydrogen-bond acceptors (Lipinski definition) is 1. The molecule has 4 aliphatic carbocycles. The molecule has 4 aliphatic rings. The quantitative estimate of drug-likeness (QED) is 0.716. The van der Waals surface area contributed by atoms with Crippen molar-refractivity contribution >= 4 is 39.1 Å². The number of nitrogens with one attached hydrogen (secondary N) is 1. The van der Waals surface area contributed by atoms with E-state index in [4.69, 9.17) is 11.6 Å². The maximum atomic E-state index is 11.5. The Labute approximate surface area is 145 Å². The second-order valence-electron chi connectivity index (χ2n) is 7.66. The van der Waals surface area contributed by atoms with Crippen LogP contribution in [0.15, 0.2) is 16.6 Å². The van der Waals surface area contributed by atoms with Crippen LogP contribution in [0.2, 0.25) is 5.02 Å². The van der Waals surface area contributed by atoms with Gasteiger partial charge >= 0.3 is 0 Å². The molecule has 4 bridgehead atoms. The standard InChI is InChI=1S/C18H21BrClNO/c1-10(22)21-17-15(20)3-2-14(16(17)19)18-7-11-4-12(8-18)6-13(5-11)9-18/h2-3,11-13H,4-9H2,1H3,(H,21,22). The van der Waals surface area contributed by atoms with Crippen LogP contribution in [0.25, 0.3) is 0 Å². The van der Waals surface area contributed by atoms with E-state index in [1.165, 1.54) is 51.0 Å². The molecule has 0 spiro atoms. The van der Waals surface area contributed by atoms with Crippen LogP contribution in [0.1, 0.15) is 51.0 Å². The number of carbonyl (C=O) groups excluding carboxylic acids is 1. The molecule has 2 nitrogen and oxygen atoms in total. The maximum absolute atomic E-state index is 11.5. The summed E-state index contributed by atoms with van der Waals surface area (Å²) in [5.74, 6) is 2.62. The van der Waals surface area contributed by atoms with Crippen molar-refractivity contribution in [3.05, 3.63) is 27.2 Å². The van der Waals surface area contributed by atoms with E-state index in [1.807, 2.05) is 6.07 Å². The lowest BCUT2D eigenvalue weighted by molar-refractivity contribution is -0.114. The van der Waals surface area contributed by atoms with Crippen molar-refractivity contribution in [1.82, 2.24) is 0 Å². The zero-order valence-corrected chi connectivity index (χ0v) is 15.1. The van der Waals surface area contributed by atoms with Crippen LogP contribution < -0.4 is 5.32 Å². The van der Waals surface area contributed by atoms with Crippen LogP contribution in [0.4, 0.5) is 5.69 Å². The first-order valence-electron chi connectivity index (χ1n) is 8.23. The molecule has 4 saturated carbocycles. The van der Waals surface area contributed by atoms with Gasteiger partial charge in [-0.15, -0.1) is 0 Å². The molecule has 0 atom stereocenters. The highest BCUT2D eigenvalue weighted by Gasteiger charge is 2.52. The van der Waals surface area contributed by atoms with Gasteiger partial charge in [0.1, 0.15) is 0 Å². The molecule has 0 aromatic heterocycles. The third-order valence-corrected chi connectivity index (χ3v) is 7.14. The van der Waals surface area contributed by atoms with Gasteiger partial charge in [0.2, 0.25) is 5.91 Å². The van der Waals surface area contributed by atoms with Crippen molar-refractivity contribution in [2.24, 2.45) is 17.8 Å². The number of benzene rings is 1. The van der Waals surface area contributed by atoms with Crippen molar-refractivity contribution in [2.45, 2.75) is 50.9 Å². The summed E-state index contributed by atoms with van der Waals surface area (Å²) in [6.45, 7) is 1.53. The van der Waals surface area contributed by atoms with Gasteiger partial charge in [-0.1, -0.05) is 17.7 Å². The Morgan fingerprint density at radius 2 is 1.73 bits per heavy atom. The fourth-order valence-electron chi connectivity index (χ4n) is 5.69. The monoisotopic (exact) mass is 381 g/mol. The van der Waals surface area contributed by atoms with Crippen LogP contribution in [0.3, 0.4) is 0 Å². The normalized spacial score (nSPS) is 35.7. The Morgan fingerprint density at radius 3 is 2.23 bits per heavy atom. The highest BCUT2D eigenvalue weighted by Crippen LogP contribution is 2.62. The molecule has 0 saturated heterocycles. The Kier molecular flexibility index (Phi) is 3.58. The minimum atomic E-state index is -0.0785. The third-order valence-electron chi connectivity index (χ3n) is 6.00. The molecule has 0 radical (unpaired) electrons. The molecule has 22 heavy (non-hydrogen) atoms. The van der Waals surface area contributed by atoms with Gasteiger partial charge in [-0.25, -0.2) is 0 Å². The van der Waals surface area contributed by atoms with E-state index in [2.05, 4.69) is 27.3 Å². The number of anilines is 1. The van der Waals surface area contributed by atoms with Gasteiger partial charge in [0.25, 0.3) is 0 Å². The zero-order valence-electron chi connectivity index (χ0n) is 12.8. The second-order valence-corrected chi connectivity index (χ2v) is 8.86. The van der Waals surface area contributed by atoms with E-state index in [1.54, 1.807) is 0 Å². The van der Waals surface area contributed by atoms with Crippen LogP contribution in [-0.2, 0) is 10.2 Å². The molecule has 1 N–H and O–H groups in total. The average molecular weight is 383 g/mol. The second kappa shape index (κ2) is 5.24. The summed E-state index contributed by atoms with van der Waals surface area (Å²) in [7, 11) is 0. The Morgan fingerprint density at radius 1 is 1.18 bits per heavy atom. The van der Waals surface area contributed by atoms with Crippen molar-refractivity contribution in [2.75, 3.05) is 5.32 Å². The summed E-state index contributed by atoms with van der Waals surface area (Å²) in [6, 6.07) is 4.14. The lowest BCUT2D eigenvalue weighted by atomic mass is 9.48. The van der Waals surface area contributed by atoms with E-state index >= 15 is 0 Å². The number of halogens is 2. The molecule has 4 heteroatoms. The highest BCUT2D eigenvalue weighted by molar-refractivity contribution is 9.10. The first-order chi connectivity index (χ1) is 10.5. The largest absolute Gasteiger partial charge is 0.324 e. The van der Waals surface area contributed by atoms with Crippen molar-refractivity contribution in [3.8, 4) is 0 Å². The van der Waals surface area contributed by atoms with Gasteiger partial charge in [0.05, 0.1) is 10.7 Å². The summed E-state index contributed by atoms with van der Waals surface area (Å²) in [5, 5.41) is 3.50. The molecule has 1 aromatic rings. The van der Waals surface area contributed by atoms with E-state index in [0.29, 0.717) is 10.4 Å². The van der Waals surface area contributed by atoms with Gasteiger partial charge < -0.3 is 5.32 Å². The van der Waals surface area contributed by atoms with Crippen LogP contribution >= 0.6 is 27.5 Å². The third kappa shape index (κ3) is 2.32.